The van der Waals surface area contributed by atoms with E-state index in [9.17, 15) is 19.0 Å². The van der Waals surface area contributed by atoms with Crippen LogP contribution < -0.4 is 5.73 Å². The third kappa shape index (κ3) is 70.8. The maximum absolute atomic E-state index is 12.8. The fourth-order valence-corrected chi connectivity index (χ4v) is 12.0. The molecule has 10 heteroatoms. The lowest BCUT2D eigenvalue weighted by molar-refractivity contribution is -0.161. The van der Waals surface area contributed by atoms with Gasteiger partial charge in [0.2, 0.25) is 0 Å². The first-order valence-corrected chi connectivity index (χ1v) is 38.8. The standard InChI is InChI=1S/C76H142NO8P/c1-3-5-7-9-11-13-15-17-19-21-23-25-27-29-30-31-32-33-34-35-36-37-38-39-40-41-42-43-45-46-48-50-52-54-56-58-60-62-64-66-68-75(78)82-72-74(73-84-86(80,81)83-71-70-77)85-76(79)69-67-65-63-61-59-57-55-53-51-49-47-44-28-26-24-22-20-18-16-14-12-10-8-6-4-2/h6,8,12,14,18,20,24,26,44,47,74H,3-5,7,9-11,13,15-17,19,21-23,25,27-43,45-46,48-73,77H2,1-2H3,(H,80,81)/b8-6-,14-12-,20-18-,26-24-,47-44-. The molecule has 0 spiro atoms. The Hall–Kier alpha value is -2.29. The van der Waals surface area contributed by atoms with Crippen molar-refractivity contribution in [2.24, 2.45) is 5.73 Å². The molecule has 0 aromatic carbocycles. The summed E-state index contributed by atoms with van der Waals surface area (Å²) in [5.41, 5.74) is 5.40. The van der Waals surface area contributed by atoms with Crippen LogP contribution in [0.1, 0.15) is 380 Å². The molecule has 0 rings (SSSR count). The number of ether oxygens (including phenoxy) is 2. The smallest absolute Gasteiger partial charge is 0.462 e. The van der Waals surface area contributed by atoms with E-state index >= 15 is 0 Å². The van der Waals surface area contributed by atoms with Crippen LogP contribution in [-0.2, 0) is 32.7 Å². The predicted octanol–water partition coefficient (Wildman–Crippen LogP) is 24.6. The number of unbranched alkanes of at least 4 members (excludes halogenated alkanes) is 48. The van der Waals surface area contributed by atoms with E-state index in [0.29, 0.717) is 6.42 Å². The second kappa shape index (κ2) is 71.8. The van der Waals surface area contributed by atoms with Crippen molar-refractivity contribution in [3.05, 3.63) is 60.8 Å². The quantitative estimate of drug-likeness (QED) is 0.0264. The van der Waals surface area contributed by atoms with Gasteiger partial charge in [0.25, 0.3) is 0 Å². The van der Waals surface area contributed by atoms with E-state index in [4.69, 9.17) is 24.3 Å². The monoisotopic (exact) mass is 1230 g/mol. The van der Waals surface area contributed by atoms with Crippen LogP contribution in [0.2, 0.25) is 0 Å². The van der Waals surface area contributed by atoms with Gasteiger partial charge in [0, 0.05) is 19.4 Å². The molecule has 0 aromatic rings. The van der Waals surface area contributed by atoms with Crippen LogP contribution >= 0.6 is 7.82 Å². The highest BCUT2D eigenvalue weighted by Gasteiger charge is 2.26. The summed E-state index contributed by atoms with van der Waals surface area (Å²) in [4.78, 5) is 35.4. The normalized spacial score (nSPS) is 13.2. The first kappa shape index (κ1) is 83.7. The van der Waals surface area contributed by atoms with Gasteiger partial charge in [-0.3, -0.25) is 18.6 Å². The maximum atomic E-state index is 12.8. The van der Waals surface area contributed by atoms with Crippen molar-refractivity contribution in [2.45, 2.75) is 386 Å². The number of allylic oxidation sites excluding steroid dienone is 10. The Morgan fingerprint density at radius 2 is 0.640 bits per heavy atom. The third-order valence-electron chi connectivity index (χ3n) is 16.7. The molecule has 0 aliphatic rings. The van der Waals surface area contributed by atoms with Gasteiger partial charge in [-0.1, -0.05) is 370 Å². The molecule has 0 bridgehead atoms. The highest BCUT2D eigenvalue weighted by Crippen LogP contribution is 2.43. The third-order valence-corrected chi connectivity index (χ3v) is 17.7. The van der Waals surface area contributed by atoms with Gasteiger partial charge in [-0.2, -0.15) is 0 Å². The molecular formula is C76H142NO8P. The van der Waals surface area contributed by atoms with Crippen LogP contribution in [0.15, 0.2) is 60.8 Å². The van der Waals surface area contributed by atoms with Crippen molar-refractivity contribution < 1.29 is 37.6 Å². The van der Waals surface area contributed by atoms with Gasteiger partial charge in [0.05, 0.1) is 13.2 Å². The summed E-state index contributed by atoms with van der Waals surface area (Å²) in [5.74, 6) is -0.820. The molecule has 0 saturated heterocycles. The average molecular weight is 1230 g/mol. The van der Waals surface area contributed by atoms with Crippen molar-refractivity contribution in [1.29, 1.82) is 0 Å². The van der Waals surface area contributed by atoms with Crippen molar-refractivity contribution in [3.63, 3.8) is 0 Å². The SMILES string of the molecule is CC/C=C\C/C=C\C/C=C\C/C=C\C/C=C\CCCCCCCCCCCC(=O)OC(COC(=O)CCCCCCCCCCCCCCCCCCCCCCCCCCCCCCCCCCCCCCCCCC)COP(=O)(O)OCCN. The lowest BCUT2D eigenvalue weighted by atomic mass is 10.0. The van der Waals surface area contributed by atoms with Gasteiger partial charge in [0.1, 0.15) is 6.61 Å². The van der Waals surface area contributed by atoms with Crippen molar-refractivity contribution in [3.8, 4) is 0 Å². The second-order valence-electron chi connectivity index (χ2n) is 25.1. The highest BCUT2D eigenvalue weighted by atomic mass is 31.2. The topological polar surface area (TPSA) is 134 Å². The maximum Gasteiger partial charge on any atom is 0.472 e. The molecule has 0 fully saturated rings. The molecule has 86 heavy (non-hydrogen) atoms. The van der Waals surface area contributed by atoms with Gasteiger partial charge in [-0.25, -0.2) is 4.57 Å². The lowest BCUT2D eigenvalue weighted by Gasteiger charge is -2.19. The number of phosphoric ester groups is 1. The zero-order chi connectivity index (χ0) is 62.3. The Morgan fingerprint density at radius 3 is 0.953 bits per heavy atom. The number of esters is 2. The van der Waals surface area contributed by atoms with Crippen molar-refractivity contribution in [1.82, 2.24) is 0 Å². The van der Waals surface area contributed by atoms with E-state index in [1.165, 1.54) is 270 Å². The Bertz CT molecular complexity index is 1590. The molecule has 0 radical (unpaired) electrons. The van der Waals surface area contributed by atoms with Gasteiger partial charge in [-0.05, 0) is 57.8 Å². The first-order chi connectivity index (χ1) is 42.3. The predicted molar refractivity (Wildman–Crippen MR) is 372 cm³/mol. The Balaban J connectivity index is 3.76. The number of carbonyl (C=O) groups excluding carboxylic acids is 2. The summed E-state index contributed by atoms with van der Waals surface area (Å²) >= 11 is 0. The summed E-state index contributed by atoms with van der Waals surface area (Å²) in [7, 11) is -4.40. The fraction of sp³-hybridized carbons (Fsp3) is 0.842. The molecule has 0 aliphatic heterocycles. The number of hydrogen-bond donors (Lipinski definition) is 2. The summed E-state index contributed by atoms with van der Waals surface area (Å²) in [6.45, 7) is 3.68. The van der Waals surface area contributed by atoms with E-state index < -0.39 is 26.5 Å². The molecule has 0 aliphatic carbocycles. The van der Waals surface area contributed by atoms with Crippen LogP contribution in [0.3, 0.4) is 0 Å². The Labute approximate surface area is 533 Å². The van der Waals surface area contributed by atoms with Crippen LogP contribution in [0, 0.1) is 0 Å². The van der Waals surface area contributed by atoms with E-state index in [2.05, 4.69) is 74.6 Å². The minimum Gasteiger partial charge on any atom is -0.462 e. The zero-order valence-electron chi connectivity index (χ0n) is 56.8. The number of hydrogen-bond acceptors (Lipinski definition) is 8. The highest BCUT2D eigenvalue weighted by molar-refractivity contribution is 7.47. The van der Waals surface area contributed by atoms with Gasteiger partial charge < -0.3 is 20.1 Å². The minimum atomic E-state index is -4.40. The summed E-state index contributed by atoms with van der Waals surface area (Å²) in [6.07, 6.45) is 93.5. The van der Waals surface area contributed by atoms with Crippen molar-refractivity contribution >= 4 is 19.8 Å². The van der Waals surface area contributed by atoms with Crippen molar-refractivity contribution in [2.75, 3.05) is 26.4 Å². The molecule has 9 nitrogen and oxygen atoms in total. The van der Waals surface area contributed by atoms with E-state index in [1.807, 2.05) is 0 Å². The molecule has 0 amide bonds. The summed E-state index contributed by atoms with van der Waals surface area (Å²) in [6, 6.07) is 0. The number of carbonyl (C=O) groups is 2. The molecule has 3 N–H and O–H groups in total. The van der Waals surface area contributed by atoms with Gasteiger partial charge in [-0.15, -0.1) is 0 Å². The number of phosphoric acid groups is 1. The molecule has 0 aromatic heterocycles. The average Bonchev–Trinajstić information content (AvgIpc) is 3.58. The van der Waals surface area contributed by atoms with Crippen LogP contribution in [0.25, 0.3) is 0 Å². The lowest BCUT2D eigenvalue weighted by Crippen LogP contribution is -2.29. The fourth-order valence-electron chi connectivity index (χ4n) is 11.2. The van der Waals surface area contributed by atoms with Crippen LogP contribution in [-0.4, -0.2) is 49.3 Å². The van der Waals surface area contributed by atoms with Gasteiger partial charge >= 0.3 is 19.8 Å². The number of nitrogens with two attached hydrogens (primary N) is 1. The van der Waals surface area contributed by atoms with E-state index in [0.717, 1.165) is 77.0 Å². The molecular weight excluding hydrogens is 1090 g/mol. The zero-order valence-corrected chi connectivity index (χ0v) is 57.7. The molecule has 2 unspecified atom stereocenters. The van der Waals surface area contributed by atoms with E-state index in [-0.39, 0.29) is 38.6 Å². The molecule has 504 valence electrons. The summed E-state index contributed by atoms with van der Waals surface area (Å²) < 4.78 is 33.2. The van der Waals surface area contributed by atoms with E-state index in [1.54, 1.807) is 0 Å². The molecule has 0 heterocycles. The largest absolute Gasteiger partial charge is 0.472 e. The first-order valence-electron chi connectivity index (χ1n) is 37.3. The molecule has 0 saturated carbocycles. The Kier molecular flexibility index (Phi) is 69.9. The van der Waals surface area contributed by atoms with Gasteiger partial charge in [0.15, 0.2) is 6.10 Å². The molecule has 2 atom stereocenters. The number of rotatable bonds is 71. The second-order valence-corrected chi connectivity index (χ2v) is 26.6. The van der Waals surface area contributed by atoms with Crippen LogP contribution in [0.5, 0.6) is 0 Å². The van der Waals surface area contributed by atoms with Crippen LogP contribution in [0.4, 0.5) is 0 Å². The Morgan fingerprint density at radius 1 is 0.360 bits per heavy atom. The minimum absolute atomic E-state index is 0.0518. The summed E-state index contributed by atoms with van der Waals surface area (Å²) in [5, 5.41) is 0.